The van der Waals surface area contributed by atoms with Crippen molar-refractivity contribution in [1.82, 2.24) is 0 Å². The maximum atomic E-state index is 13.8. The molecule has 0 radical (unpaired) electrons. The van der Waals surface area contributed by atoms with Gasteiger partial charge in [-0.25, -0.2) is 4.39 Å². The van der Waals surface area contributed by atoms with Crippen molar-refractivity contribution in [3.05, 3.63) is 29.6 Å². The Morgan fingerprint density at radius 3 is 2.82 bits per heavy atom. The Morgan fingerprint density at radius 2 is 2.29 bits per heavy atom. The highest BCUT2D eigenvalue weighted by Crippen LogP contribution is 2.38. The number of hydrogen-bond acceptors (Lipinski definition) is 3. The molecule has 3 nitrogen and oxygen atoms in total. The average molecular weight is 240 g/mol. The molecule has 0 bridgehead atoms. The summed E-state index contributed by atoms with van der Waals surface area (Å²) in [6.45, 7) is 2.43. The summed E-state index contributed by atoms with van der Waals surface area (Å²) in [6.07, 6.45) is 0.682. The summed E-state index contributed by atoms with van der Waals surface area (Å²) in [5.41, 5.74) is -0.426. The number of aliphatic hydroxyl groups is 1. The zero-order valence-corrected chi connectivity index (χ0v) is 10.1. The molecule has 1 aliphatic rings. The highest BCUT2D eigenvalue weighted by molar-refractivity contribution is 5.31. The van der Waals surface area contributed by atoms with Crippen LogP contribution in [0.4, 0.5) is 4.39 Å². The van der Waals surface area contributed by atoms with Gasteiger partial charge >= 0.3 is 0 Å². The summed E-state index contributed by atoms with van der Waals surface area (Å²) in [7, 11) is 1.48. The maximum absolute atomic E-state index is 13.8. The van der Waals surface area contributed by atoms with Crippen LogP contribution in [0.3, 0.4) is 0 Å². The van der Waals surface area contributed by atoms with Gasteiger partial charge in [0.1, 0.15) is 17.7 Å². The predicted molar refractivity (Wildman–Crippen MR) is 61.5 cm³/mol. The topological polar surface area (TPSA) is 38.7 Å². The molecule has 2 unspecified atom stereocenters. The summed E-state index contributed by atoms with van der Waals surface area (Å²) in [5, 5.41) is 10.2. The third-order valence-electron chi connectivity index (χ3n) is 3.33. The Bertz CT molecular complexity index is 400. The predicted octanol–water partition coefficient (Wildman–Crippen LogP) is 2.44. The van der Waals surface area contributed by atoms with Gasteiger partial charge in [0.05, 0.1) is 12.7 Å². The van der Waals surface area contributed by atoms with Gasteiger partial charge in [0.2, 0.25) is 0 Å². The Balaban J connectivity index is 2.27. The van der Waals surface area contributed by atoms with Gasteiger partial charge in [-0.1, -0.05) is 0 Å². The number of halogens is 1. The molecule has 1 aromatic carbocycles. The van der Waals surface area contributed by atoms with Crippen LogP contribution in [0, 0.1) is 5.82 Å². The van der Waals surface area contributed by atoms with Gasteiger partial charge in [0.15, 0.2) is 0 Å². The van der Waals surface area contributed by atoms with Gasteiger partial charge in [-0.2, -0.15) is 0 Å². The van der Waals surface area contributed by atoms with Crippen LogP contribution in [0.5, 0.6) is 5.75 Å². The van der Waals surface area contributed by atoms with E-state index in [0.717, 1.165) is 12.8 Å². The summed E-state index contributed by atoms with van der Waals surface area (Å²) in [5.74, 6) is -0.0236. The van der Waals surface area contributed by atoms with E-state index in [1.54, 1.807) is 12.1 Å². The van der Waals surface area contributed by atoms with E-state index in [-0.39, 0.29) is 5.56 Å². The highest BCUT2D eigenvalue weighted by atomic mass is 19.1. The molecule has 1 fully saturated rings. The molecule has 0 aliphatic carbocycles. The summed E-state index contributed by atoms with van der Waals surface area (Å²) in [4.78, 5) is 0. The zero-order chi connectivity index (χ0) is 12.5. The summed E-state index contributed by atoms with van der Waals surface area (Å²) < 4.78 is 24.3. The van der Waals surface area contributed by atoms with E-state index in [1.165, 1.54) is 13.2 Å². The van der Waals surface area contributed by atoms with Crippen molar-refractivity contribution in [2.24, 2.45) is 0 Å². The third-order valence-corrected chi connectivity index (χ3v) is 3.33. The minimum atomic E-state index is -0.948. The van der Waals surface area contributed by atoms with Gasteiger partial charge in [0, 0.05) is 18.2 Å². The number of ether oxygens (including phenoxy) is 2. The van der Waals surface area contributed by atoms with E-state index in [4.69, 9.17) is 9.47 Å². The van der Waals surface area contributed by atoms with Crippen LogP contribution >= 0.6 is 0 Å². The van der Waals surface area contributed by atoms with Crippen LogP contribution in [-0.4, -0.2) is 24.4 Å². The van der Waals surface area contributed by atoms with Crippen LogP contribution in [-0.2, 0) is 4.74 Å². The Hall–Kier alpha value is -1.13. The molecule has 94 valence electrons. The molecule has 1 saturated heterocycles. The van der Waals surface area contributed by atoms with Gasteiger partial charge < -0.3 is 14.6 Å². The standard InChI is InChI=1S/C13H17FO3/c1-13(6-3-7-17-13)12(15)10-5-4-9(16-2)8-11(10)14/h4-5,8,12,15H,3,6-7H2,1-2H3. The zero-order valence-electron chi connectivity index (χ0n) is 10.1. The summed E-state index contributed by atoms with van der Waals surface area (Å²) in [6, 6.07) is 4.46. The van der Waals surface area contributed by atoms with E-state index in [1.807, 2.05) is 6.92 Å². The van der Waals surface area contributed by atoms with E-state index in [2.05, 4.69) is 0 Å². The van der Waals surface area contributed by atoms with Crippen molar-refractivity contribution in [3.63, 3.8) is 0 Å². The normalized spacial score (nSPS) is 25.9. The van der Waals surface area contributed by atoms with Gasteiger partial charge in [0.25, 0.3) is 0 Å². The summed E-state index contributed by atoms with van der Waals surface area (Å²) >= 11 is 0. The lowest BCUT2D eigenvalue weighted by atomic mass is 9.90. The quantitative estimate of drug-likeness (QED) is 0.882. The highest BCUT2D eigenvalue weighted by Gasteiger charge is 2.39. The first-order chi connectivity index (χ1) is 8.07. The Labute approximate surface area is 100 Å². The molecule has 1 N–H and O–H groups in total. The fraction of sp³-hybridized carbons (Fsp3) is 0.538. The molecule has 0 aromatic heterocycles. The van der Waals surface area contributed by atoms with E-state index in [9.17, 15) is 9.50 Å². The fourth-order valence-electron chi connectivity index (χ4n) is 2.20. The minimum absolute atomic E-state index is 0.259. The fourth-order valence-corrected chi connectivity index (χ4v) is 2.20. The first-order valence-electron chi connectivity index (χ1n) is 5.72. The van der Waals surface area contributed by atoms with Crippen molar-refractivity contribution in [2.75, 3.05) is 13.7 Å². The SMILES string of the molecule is COc1ccc(C(O)C2(C)CCCO2)c(F)c1. The first-order valence-corrected chi connectivity index (χ1v) is 5.72. The van der Waals surface area contributed by atoms with Crippen molar-refractivity contribution >= 4 is 0 Å². The number of rotatable bonds is 3. The lowest BCUT2D eigenvalue weighted by Crippen LogP contribution is -2.32. The first kappa shape index (κ1) is 12.3. The molecule has 4 heteroatoms. The van der Waals surface area contributed by atoms with Crippen molar-refractivity contribution < 1.29 is 19.0 Å². The van der Waals surface area contributed by atoms with Crippen molar-refractivity contribution in [1.29, 1.82) is 0 Å². The maximum Gasteiger partial charge on any atom is 0.132 e. The van der Waals surface area contributed by atoms with Crippen LogP contribution in [0.15, 0.2) is 18.2 Å². The number of hydrogen-bond donors (Lipinski definition) is 1. The molecule has 1 heterocycles. The monoisotopic (exact) mass is 240 g/mol. The molecule has 1 aliphatic heterocycles. The molecule has 17 heavy (non-hydrogen) atoms. The van der Waals surface area contributed by atoms with Gasteiger partial charge in [-0.15, -0.1) is 0 Å². The average Bonchev–Trinajstić information content (AvgIpc) is 2.76. The molecule has 2 atom stereocenters. The van der Waals surface area contributed by atoms with Crippen LogP contribution < -0.4 is 4.74 Å². The van der Waals surface area contributed by atoms with E-state index in [0.29, 0.717) is 12.4 Å². The van der Waals surface area contributed by atoms with Crippen LogP contribution in [0.2, 0.25) is 0 Å². The molecule has 1 aromatic rings. The lowest BCUT2D eigenvalue weighted by molar-refractivity contribution is -0.0808. The van der Waals surface area contributed by atoms with E-state index >= 15 is 0 Å². The van der Waals surface area contributed by atoms with Crippen molar-refractivity contribution in [3.8, 4) is 5.75 Å². The third kappa shape index (κ3) is 2.28. The molecular weight excluding hydrogens is 223 g/mol. The minimum Gasteiger partial charge on any atom is -0.497 e. The van der Waals surface area contributed by atoms with E-state index < -0.39 is 17.5 Å². The smallest absolute Gasteiger partial charge is 0.132 e. The molecule has 2 rings (SSSR count). The molecular formula is C13H17FO3. The molecule has 0 saturated carbocycles. The van der Waals surface area contributed by atoms with Gasteiger partial charge in [-0.05, 0) is 31.9 Å². The lowest BCUT2D eigenvalue weighted by Gasteiger charge is -2.29. The second-order valence-corrected chi connectivity index (χ2v) is 4.55. The second kappa shape index (κ2) is 4.63. The van der Waals surface area contributed by atoms with Crippen molar-refractivity contribution in [2.45, 2.75) is 31.5 Å². The van der Waals surface area contributed by atoms with Gasteiger partial charge in [-0.3, -0.25) is 0 Å². The molecule has 0 spiro atoms. The Morgan fingerprint density at radius 1 is 1.53 bits per heavy atom. The number of methoxy groups -OCH3 is 1. The number of benzene rings is 1. The second-order valence-electron chi connectivity index (χ2n) is 4.55. The van der Waals surface area contributed by atoms with Crippen LogP contribution in [0.25, 0.3) is 0 Å². The number of aliphatic hydroxyl groups excluding tert-OH is 1. The van der Waals surface area contributed by atoms with Crippen LogP contribution in [0.1, 0.15) is 31.4 Å². The largest absolute Gasteiger partial charge is 0.497 e. The molecule has 0 amide bonds. The Kier molecular flexibility index (Phi) is 3.35.